The summed E-state index contributed by atoms with van der Waals surface area (Å²) in [5.41, 5.74) is 0.906. The number of aromatic nitrogens is 1. The van der Waals surface area contributed by atoms with Gasteiger partial charge in [0.05, 0.1) is 10.6 Å². The van der Waals surface area contributed by atoms with Crippen molar-refractivity contribution in [2.24, 2.45) is 0 Å². The molecule has 4 nitrogen and oxygen atoms in total. The van der Waals surface area contributed by atoms with Gasteiger partial charge in [-0.1, -0.05) is 18.2 Å². The number of para-hydroxylation sites is 1. The first-order valence-electron chi connectivity index (χ1n) is 6.71. The number of hydrogen-bond donors (Lipinski definition) is 1. The van der Waals surface area contributed by atoms with E-state index < -0.39 is 0 Å². The third-order valence-electron chi connectivity index (χ3n) is 2.85. The third-order valence-corrected chi connectivity index (χ3v) is 4.78. The van der Waals surface area contributed by atoms with E-state index >= 15 is 0 Å². The summed E-state index contributed by atoms with van der Waals surface area (Å²) in [6, 6.07) is 13.3. The van der Waals surface area contributed by atoms with Crippen LogP contribution in [0.4, 0.5) is 5.13 Å². The van der Waals surface area contributed by atoms with Crippen LogP contribution in [-0.4, -0.2) is 10.9 Å². The van der Waals surface area contributed by atoms with Gasteiger partial charge in [0.2, 0.25) is 0 Å². The molecule has 0 aliphatic heterocycles. The van der Waals surface area contributed by atoms with Crippen LogP contribution in [0.15, 0.2) is 47.8 Å². The summed E-state index contributed by atoms with van der Waals surface area (Å²) in [6.07, 6.45) is 0. The fourth-order valence-electron chi connectivity index (χ4n) is 1.82. The van der Waals surface area contributed by atoms with Crippen LogP contribution in [0.5, 0.6) is 5.75 Å². The minimum Gasteiger partial charge on any atom is -0.488 e. The van der Waals surface area contributed by atoms with Gasteiger partial charge in [0.15, 0.2) is 5.13 Å². The molecular weight excluding hydrogens is 316 g/mol. The molecule has 0 aliphatic carbocycles. The van der Waals surface area contributed by atoms with E-state index in [1.165, 1.54) is 22.7 Å². The minimum atomic E-state index is -0.134. The van der Waals surface area contributed by atoms with E-state index in [9.17, 15) is 4.79 Å². The van der Waals surface area contributed by atoms with E-state index in [1.54, 1.807) is 0 Å². The number of thiophene rings is 1. The van der Waals surface area contributed by atoms with Crippen LogP contribution in [0.3, 0.4) is 0 Å². The molecule has 112 valence electrons. The Morgan fingerprint density at radius 3 is 2.77 bits per heavy atom. The van der Waals surface area contributed by atoms with E-state index in [0.717, 1.165) is 16.3 Å². The number of hydrogen-bond acceptors (Lipinski definition) is 5. The Kier molecular flexibility index (Phi) is 4.50. The first kappa shape index (κ1) is 14.7. The maximum atomic E-state index is 12.1. The van der Waals surface area contributed by atoms with Crippen molar-refractivity contribution >= 4 is 33.7 Å². The number of carbonyl (C=O) groups excluding carboxylic acids is 1. The van der Waals surface area contributed by atoms with Crippen molar-refractivity contribution in [1.82, 2.24) is 4.98 Å². The van der Waals surface area contributed by atoms with Crippen molar-refractivity contribution in [1.29, 1.82) is 0 Å². The summed E-state index contributed by atoms with van der Waals surface area (Å²) in [6.45, 7) is 2.36. The molecule has 6 heteroatoms. The second-order valence-electron chi connectivity index (χ2n) is 4.62. The van der Waals surface area contributed by atoms with Gasteiger partial charge in [0, 0.05) is 10.3 Å². The van der Waals surface area contributed by atoms with Crippen molar-refractivity contribution in [3.63, 3.8) is 0 Å². The first-order valence-corrected chi connectivity index (χ1v) is 8.40. The molecule has 0 bridgehead atoms. The number of anilines is 1. The number of benzene rings is 1. The highest BCUT2D eigenvalue weighted by molar-refractivity contribution is 7.15. The molecule has 1 amide bonds. The first-order chi connectivity index (χ1) is 10.7. The van der Waals surface area contributed by atoms with Crippen LogP contribution in [0.1, 0.15) is 20.2 Å². The van der Waals surface area contributed by atoms with Gasteiger partial charge in [-0.3, -0.25) is 10.1 Å². The predicted molar refractivity (Wildman–Crippen MR) is 89.9 cm³/mol. The van der Waals surface area contributed by atoms with Crippen LogP contribution >= 0.6 is 22.7 Å². The molecular formula is C16H14N2O2S2. The molecule has 0 spiro atoms. The molecule has 0 radical (unpaired) electrons. The highest BCUT2D eigenvalue weighted by atomic mass is 32.1. The normalized spacial score (nSPS) is 10.4. The zero-order valence-electron chi connectivity index (χ0n) is 11.9. The number of nitrogens with zero attached hydrogens (tertiary/aromatic N) is 1. The molecule has 22 heavy (non-hydrogen) atoms. The molecule has 0 aliphatic rings. The average molecular weight is 330 g/mol. The van der Waals surface area contributed by atoms with Crippen LogP contribution in [0.2, 0.25) is 0 Å². The molecule has 2 aromatic heterocycles. The molecule has 0 unspecified atom stereocenters. The fraction of sp³-hybridized carbons (Fsp3) is 0.125. The van der Waals surface area contributed by atoms with Crippen LogP contribution in [0.25, 0.3) is 0 Å². The molecule has 0 fully saturated rings. The molecule has 0 saturated heterocycles. The number of aryl methyl sites for hydroxylation is 1. The molecule has 2 heterocycles. The lowest BCUT2D eigenvalue weighted by Crippen LogP contribution is -2.09. The topological polar surface area (TPSA) is 51.2 Å². The van der Waals surface area contributed by atoms with Gasteiger partial charge < -0.3 is 4.74 Å². The summed E-state index contributed by atoms with van der Waals surface area (Å²) in [5.74, 6) is 0.686. The number of carbonyl (C=O) groups is 1. The zero-order chi connectivity index (χ0) is 15.4. The summed E-state index contributed by atoms with van der Waals surface area (Å²) < 4.78 is 5.68. The van der Waals surface area contributed by atoms with Gasteiger partial charge in [0.25, 0.3) is 5.91 Å². The second kappa shape index (κ2) is 6.72. The third kappa shape index (κ3) is 3.72. The van der Waals surface area contributed by atoms with E-state index in [2.05, 4.69) is 10.3 Å². The number of amides is 1. The molecule has 0 saturated carbocycles. The second-order valence-corrected chi connectivity index (χ2v) is 6.64. The Hall–Kier alpha value is -2.18. The number of rotatable bonds is 5. The van der Waals surface area contributed by atoms with Crippen molar-refractivity contribution in [3.05, 3.63) is 63.3 Å². The minimum absolute atomic E-state index is 0.134. The van der Waals surface area contributed by atoms with E-state index in [4.69, 9.17) is 4.74 Å². The van der Waals surface area contributed by atoms with Crippen LogP contribution < -0.4 is 10.1 Å². The van der Waals surface area contributed by atoms with Crippen molar-refractivity contribution in [2.75, 3.05) is 5.32 Å². The standard InChI is InChI=1S/C16H14N2O2S2/c1-11-10-21-16(17-11)18-15(19)14-8-7-13(22-14)9-20-12-5-3-2-4-6-12/h2-8,10H,9H2,1H3,(H,17,18,19). The van der Waals surface area contributed by atoms with E-state index in [-0.39, 0.29) is 5.91 Å². The Morgan fingerprint density at radius 2 is 2.05 bits per heavy atom. The lowest BCUT2D eigenvalue weighted by Gasteiger charge is -2.03. The Bertz CT molecular complexity index is 765. The molecule has 1 aromatic carbocycles. The number of thiazole rings is 1. The molecule has 3 aromatic rings. The van der Waals surface area contributed by atoms with Crippen LogP contribution in [-0.2, 0) is 6.61 Å². The van der Waals surface area contributed by atoms with Gasteiger partial charge in [-0.15, -0.1) is 22.7 Å². The predicted octanol–water partition coefficient (Wildman–Crippen LogP) is 4.34. The lowest BCUT2D eigenvalue weighted by molar-refractivity contribution is 0.103. The summed E-state index contributed by atoms with van der Waals surface area (Å²) in [7, 11) is 0. The highest BCUT2D eigenvalue weighted by Gasteiger charge is 2.11. The summed E-state index contributed by atoms with van der Waals surface area (Å²) in [5, 5.41) is 5.33. The zero-order valence-corrected chi connectivity index (χ0v) is 13.5. The van der Waals surface area contributed by atoms with Crippen molar-refractivity contribution in [3.8, 4) is 5.75 Å². The lowest BCUT2D eigenvalue weighted by atomic mass is 10.3. The van der Waals surface area contributed by atoms with E-state index in [1.807, 2.05) is 54.8 Å². The van der Waals surface area contributed by atoms with Crippen molar-refractivity contribution < 1.29 is 9.53 Å². The monoisotopic (exact) mass is 330 g/mol. The Morgan fingerprint density at radius 1 is 1.23 bits per heavy atom. The fourth-order valence-corrected chi connectivity index (χ4v) is 3.32. The quantitative estimate of drug-likeness (QED) is 0.757. The smallest absolute Gasteiger partial charge is 0.267 e. The van der Waals surface area contributed by atoms with Gasteiger partial charge >= 0.3 is 0 Å². The maximum absolute atomic E-state index is 12.1. The summed E-state index contributed by atoms with van der Waals surface area (Å²) in [4.78, 5) is 18.0. The molecule has 3 rings (SSSR count). The molecule has 0 atom stereocenters. The Labute approximate surface area is 136 Å². The van der Waals surface area contributed by atoms with Crippen molar-refractivity contribution in [2.45, 2.75) is 13.5 Å². The largest absolute Gasteiger partial charge is 0.488 e. The van der Waals surface area contributed by atoms with Gasteiger partial charge in [-0.2, -0.15) is 0 Å². The average Bonchev–Trinajstić information content (AvgIpc) is 3.15. The number of nitrogens with one attached hydrogen (secondary N) is 1. The summed E-state index contributed by atoms with van der Waals surface area (Å²) >= 11 is 2.85. The molecule has 1 N–H and O–H groups in total. The SMILES string of the molecule is Cc1csc(NC(=O)c2ccc(COc3ccccc3)s2)n1. The maximum Gasteiger partial charge on any atom is 0.267 e. The highest BCUT2D eigenvalue weighted by Crippen LogP contribution is 2.21. The number of ether oxygens (including phenoxy) is 1. The van der Waals surface area contributed by atoms with Crippen LogP contribution in [0, 0.1) is 6.92 Å². The van der Waals surface area contributed by atoms with Gasteiger partial charge in [-0.25, -0.2) is 4.98 Å². The Balaban J connectivity index is 1.59. The van der Waals surface area contributed by atoms with E-state index in [0.29, 0.717) is 16.6 Å². The van der Waals surface area contributed by atoms with Gasteiger partial charge in [-0.05, 0) is 31.2 Å². The van der Waals surface area contributed by atoms with Gasteiger partial charge in [0.1, 0.15) is 12.4 Å².